The van der Waals surface area contributed by atoms with Crippen molar-refractivity contribution in [1.82, 2.24) is 19.8 Å². The molecular weight excluding hydrogens is 507 g/mol. The zero-order chi connectivity index (χ0) is 27.4. The summed E-state index contributed by atoms with van der Waals surface area (Å²) in [7, 11) is 0. The molecule has 1 aromatic heterocycles. The van der Waals surface area contributed by atoms with Crippen LogP contribution >= 0.6 is 0 Å². The number of nitrogens with zero attached hydrogens (tertiary/aromatic N) is 3. The van der Waals surface area contributed by atoms with E-state index in [1.807, 2.05) is 4.57 Å². The van der Waals surface area contributed by atoms with E-state index in [-0.39, 0.29) is 17.7 Å². The standard InChI is InChI=1S/C29H32F3N5O2/c30-29(31,32)28(38)39-26-7-2-1-6-23(26)25-19-37-18-22(24(33)16-27(37)35-25)5-3-4-20-8-10-21(11-9-20)17-36-14-12-34-13-15-36/h1-3,5-11,19,22,24,34H,4,12-18,33H2/b5-3+. The number of allylic oxidation sites excluding steroid dienone is 1. The van der Waals surface area contributed by atoms with E-state index in [2.05, 4.69) is 56.4 Å². The van der Waals surface area contributed by atoms with Gasteiger partial charge in [-0.15, -0.1) is 0 Å². The van der Waals surface area contributed by atoms with Crippen LogP contribution in [-0.2, 0) is 30.7 Å². The molecular formula is C29H32F3N5O2. The van der Waals surface area contributed by atoms with E-state index in [0.717, 1.165) is 45.0 Å². The predicted molar refractivity (Wildman–Crippen MR) is 142 cm³/mol. The number of carbonyl (C=O) groups is 1. The molecule has 2 atom stereocenters. The summed E-state index contributed by atoms with van der Waals surface area (Å²) in [5.41, 5.74) is 9.77. The Morgan fingerprint density at radius 2 is 1.82 bits per heavy atom. The van der Waals surface area contributed by atoms with E-state index in [9.17, 15) is 18.0 Å². The van der Waals surface area contributed by atoms with Gasteiger partial charge in [0.15, 0.2) is 0 Å². The summed E-state index contributed by atoms with van der Waals surface area (Å²) in [5.74, 6) is -1.61. The van der Waals surface area contributed by atoms with Gasteiger partial charge in [-0.3, -0.25) is 4.90 Å². The SMILES string of the molecule is NC1Cc2nc(-c3ccccc3OC(=O)C(F)(F)F)cn2CC1/C=C/Cc1ccc(CN2CCNCC2)cc1. The fourth-order valence-corrected chi connectivity index (χ4v) is 5.05. The van der Waals surface area contributed by atoms with Gasteiger partial charge in [0.1, 0.15) is 11.6 Å². The van der Waals surface area contributed by atoms with Gasteiger partial charge in [0.2, 0.25) is 0 Å². The van der Waals surface area contributed by atoms with Crippen molar-refractivity contribution in [3.8, 4) is 17.0 Å². The molecule has 0 spiro atoms. The number of nitrogens with two attached hydrogens (primary N) is 1. The van der Waals surface area contributed by atoms with Gasteiger partial charge >= 0.3 is 12.1 Å². The van der Waals surface area contributed by atoms with Crippen molar-refractivity contribution >= 4 is 5.97 Å². The monoisotopic (exact) mass is 539 g/mol. The first kappa shape index (κ1) is 27.1. The molecule has 39 heavy (non-hydrogen) atoms. The first-order valence-corrected chi connectivity index (χ1v) is 13.1. The van der Waals surface area contributed by atoms with Crippen LogP contribution in [0.2, 0.25) is 0 Å². The Kier molecular flexibility index (Phi) is 8.15. The molecule has 2 unspecified atom stereocenters. The number of aromatic nitrogens is 2. The summed E-state index contributed by atoms with van der Waals surface area (Å²) < 4.78 is 44.8. The molecule has 0 saturated carbocycles. The first-order valence-electron chi connectivity index (χ1n) is 13.1. The topological polar surface area (TPSA) is 85.4 Å². The van der Waals surface area contributed by atoms with Crippen LogP contribution in [0.15, 0.2) is 66.9 Å². The third kappa shape index (κ3) is 6.76. The second-order valence-electron chi connectivity index (χ2n) is 10.1. The summed E-state index contributed by atoms with van der Waals surface area (Å²) in [6.45, 7) is 5.80. The highest BCUT2D eigenvalue weighted by Gasteiger charge is 2.41. The molecule has 0 bridgehead atoms. The van der Waals surface area contributed by atoms with Crippen LogP contribution in [0.4, 0.5) is 13.2 Å². The number of fused-ring (bicyclic) bond motifs is 1. The molecule has 7 nitrogen and oxygen atoms in total. The lowest BCUT2D eigenvalue weighted by atomic mass is 9.93. The summed E-state index contributed by atoms with van der Waals surface area (Å²) in [4.78, 5) is 18.4. The third-order valence-corrected chi connectivity index (χ3v) is 7.21. The fourth-order valence-electron chi connectivity index (χ4n) is 5.05. The lowest BCUT2D eigenvalue weighted by Crippen LogP contribution is -2.42. The molecule has 206 valence electrons. The second kappa shape index (κ2) is 11.7. The van der Waals surface area contributed by atoms with Gasteiger partial charge in [0.25, 0.3) is 0 Å². The lowest BCUT2D eigenvalue weighted by Gasteiger charge is -2.27. The summed E-state index contributed by atoms with van der Waals surface area (Å²) in [6, 6.07) is 14.7. The van der Waals surface area contributed by atoms with Crippen LogP contribution in [0.1, 0.15) is 17.0 Å². The molecule has 1 fully saturated rings. The number of alkyl halides is 3. The van der Waals surface area contributed by atoms with Crippen LogP contribution in [0.5, 0.6) is 5.75 Å². The number of halogens is 3. The van der Waals surface area contributed by atoms with Gasteiger partial charge in [-0.05, 0) is 29.7 Å². The maximum absolute atomic E-state index is 12.7. The molecule has 3 N–H and O–H groups in total. The van der Waals surface area contributed by atoms with Crippen molar-refractivity contribution in [3.05, 3.63) is 83.8 Å². The Bertz CT molecular complexity index is 1310. The second-order valence-corrected chi connectivity index (χ2v) is 10.1. The zero-order valence-corrected chi connectivity index (χ0v) is 21.5. The molecule has 0 amide bonds. The van der Waals surface area contributed by atoms with Crippen LogP contribution < -0.4 is 15.8 Å². The van der Waals surface area contributed by atoms with Crippen molar-refractivity contribution in [2.24, 2.45) is 11.7 Å². The van der Waals surface area contributed by atoms with Crippen LogP contribution in [0, 0.1) is 5.92 Å². The number of hydrogen-bond donors (Lipinski definition) is 2. The zero-order valence-electron chi connectivity index (χ0n) is 21.5. The number of piperazine rings is 1. The van der Waals surface area contributed by atoms with Crippen LogP contribution in [0.3, 0.4) is 0 Å². The molecule has 2 aliphatic heterocycles. The van der Waals surface area contributed by atoms with Crippen molar-refractivity contribution in [3.63, 3.8) is 0 Å². The highest BCUT2D eigenvalue weighted by atomic mass is 19.4. The minimum absolute atomic E-state index is 0.0878. The number of benzene rings is 2. The molecule has 1 saturated heterocycles. The molecule has 3 heterocycles. The predicted octanol–water partition coefficient (Wildman–Crippen LogP) is 3.72. The van der Waals surface area contributed by atoms with E-state index < -0.39 is 12.1 Å². The van der Waals surface area contributed by atoms with Gasteiger partial charge in [-0.1, -0.05) is 48.6 Å². The van der Waals surface area contributed by atoms with E-state index in [1.165, 1.54) is 23.3 Å². The quantitative estimate of drug-likeness (QED) is 0.271. The number of imidazole rings is 1. The number of ether oxygens (including phenoxy) is 1. The minimum atomic E-state index is -5.08. The average Bonchev–Trinajstić information content (AvgIpc) is 3.32. The highest BCUT2D eigenvalue weighted by Crippen LogP contribution is 2.33. The molecule has 2 aromatic carbocycles. The van der Waals surface area contributed by atoms with Gasteiger partial charge in [-0.25, -0.2) is 9.78 Å². The maximum Gasteiger partial charge on any atom is 0.491 e. The van der Waals surface area contributed by atoms with E-state index in [4.69, 9.17) is 5.73 Å². The Hall–Kier alpha value is -3.47. The largest absolute Gasteiger partial charge is 0.491 e. The fraction of sp³-hybridized carbons (Fsp3) is 0.379. The average molecular weight is 540 g/mol. The van der Waals surface area contributed by atoms with E-state index >= 15 is 0 Å². The van der Waals surface area contributed by atoms with E-state index in [0.29, 0.717) is 24.2 Å². The van der Waals surface area contributed by atoms with Crippen LogP contribution in [-0.4, -0.2) is 58.8 Å². The Balaban J connectivity index is 1.21. The van der Waals surface area contributed by atoms with Crippen molar-refractivity contribution in [2.75, 3.05) is 26.2 Å². The smallest absolute Gasteiger partial charge is 0.419 e. The van der Waals surface area contributed by atoms with Crippen molar-refractivity contribution in [2.45, 2.75) is 38.1 Å². The normalized spacial score (nSPS) is 20.2. The molecule has 2 aliphatic rings. The Labute approximate surface area is 225 Å². The van der Waals surface area contributed by atoms with Gasteiger partial charge < -0.3 is 20.4 Å². The van der Waals surface area contributed by atoms with Crippen molar-refractivity contribution in [1.29, 1.82) is 0 Å². The highest BCUT2D eigenvalue weighted by molar-refractivity contribution is 5.81. The summed E-state index contributed by atoms with van der Waals surface area (Å²) >= 11 is 0. The molecule has 0 radical (unpaired) electrons. The van der Waals surface area contributed by atoms with Gasteiger partial charge in [0, 0.05) is 69.4 Å². The molecule has 3 aromatic rings. The molecule has 0 aliphatic carbocycles. The summed E-state index contributed by atoms with van der Waals surface area (Å²) in [5, 5.41) is 3.38. The number of carbonyl (C=O) groups excluding carboxylic acids is 1. The third-order valence-electron chi connectivity index (χ3n) is 7.21. The molecule has 5 rings (SSSR count). The number of hydrogen-bond acceptors (Lipinski definition) is 6. The lowest BCUT2D eigenvalue weighted by molar-refractivity contribution is -0.189. The maximum atomic E-state index is 12.7. The Morgan fingerprint density at radius 1 is 1.10 bits per heavy atom. The number of para-hydroxylation sites is 1. The minimum Gasteiger partial charge on any atom is -0.419 e. The number of esters is 1. The van der Waals surface area contributed by atoms with Crippen molar-refractivity contribution < 1.29 is 22.7 Å². The van der Waals surface area contributed by atoms with Gasteiger partial charge in [0.05, 0.1) is 5.69 Å². The first-order chi connectivity index (χ1) is 18.8. The molecule has 10 heteroatoms. The summed E-state index contributed by atoms with van der Waals surface area (Å²) in [6.07, 6.45) is 2.31. The Morgan fingerprint density at radius 3 is 2.56 bits per heavy atom. The number of rotatable bonds is 7. The van der Waals surface area contributed by atoms with E-state index in [1.54, 1.807) is 18.3 Å². The number of nitrogens with one attached hydrogen (secondary N) is 1. The van der Waals surface area contributed by atoms with Gasteiger partial charge in [-0.2, -0.15) is 13.2 Å². The van der Waals surface area contributed by atoms with Crippen LogP contribution in [0.25, 0.3) is 11.3 Å².